The summed E-state index contributed by atoms with van der Waals surface area (Å²) in [7, 11) is 0. The third-order valence-corrected chi connectivity index (χ3v) is 1.79. The molecule has 0 radical (unpaired) electrons. The van der Waals surface area contributed by atoms with E-state index in [0.717, 1.165) is 0 Å². The first kappa shape index (κ1) is 10.4. The second-order valence-electron chi connectivity index (χ2n) is 3.76. The van der Waals surface area contributed by atoms with Gasteiger partial charge in [0.15, 0.2) is 0 Å². The number of rotatable bonds is 1. The van der Waals surface area contributed by atoms with E-state index in [-0.39, 0.29) is 0 Å². The predicted octanol–water partition coefficient (Wildman–Crippen LogP) is 2.94. The average Bonchev–Trinajstić information content (AvgIpc) is 1.83. The average molecular weight is 160 g/mol. The molecule has 0 bridgehead atoms. The van der Waals surface area contributed by atoms with Gasteiger partial charge in [-0.05, 0) is 6.92 Å². The van der Waals surface area contributed by atoms with E-state index in [1.807, 2.05) is 0 Å². The van der Waals surface area contributed by atoms with Crippen LogP contribution in [0.25, 0.3) is 0 Å². The molecule has 0 aromatic heterocycles. The van der Waals surface area contributed by atoms with E-state index < -0.39 is 17.3 Å². The zero-order chi connectivity index (χ0) is 9.28. The monoisotopic (exact) mass is 160 g/mol. The van der Waals surface area contributed by atoms with Gasteiger partial charge >= 0.3 is 0 Å². The van der Waals surface area contributed by atoms with Crippen LogP contribution < -0.4 is 0 Å². The number of alkyl halides is 2. The van der Waals surface area contributed by atoms with Crippen molar-refractivity contribution in [3.05, 3.63) is 0 Å². The third-order valence-electron chi connectivity index (χ3n) is 1.79. The first-order valence-corrected chi connectivity index (χ1v) is 3.57. The largest absolute Gasteiger partial charge is 0.266 e. The molecule has 0 amide bonds. The molecule has 1 atom stereocenters. The van der Waals surface area contributed by atoms with E-state index in [4.69, 9.17) is 6.42 Å². The van der Waals surface area contributed by atoms with E-state index in [1.54, 1.807) is 0 Å². The summed E-state index contributed by atoms with van der Waals surface area (Å²) in [6.07, 6.45) is 4.92. The Morgan fingerprint density at radius 3 is 1.73 bits per heavy atom. The Labute approximate surface area is 67.0 Å². The molecule has 0 aromatic rings. The van der Waals surface area contributed by atoms with Crippen molar-refractivity contribution in [1.29, 1.82) is 0 Å². The quantitative estimate of drug-likeness (QED) is 0.517. The maximum absolute atomic E-state index is 13.2. The fourth-order valence-electron chi connectivity index (χ4n) is 0.754. The first-order valence-electron chi connectivity index (χ1n) is 3.57. The highest BCUT2D eigenvalue weighted by Gasteiger charge is 2.46. The van der Waals surface area contributed by atoms with Crippen LogP contribution in [0.4, 0.5) is 8.78 Å². The maximum Gasteiger partial charge on any atom is 0.266 e. The Morgan fingerprint density at radius 2 is 1.64 bits per heavy atom. The summed E-state index contributed by atoms with van der Waals surface area (Å²) in [6.45, 7) is 5.83. The Hall–Kier alpha value is -0.580. The molecular formula is C9H14F2. The van der Waals surface area contributed by atoms with Crippen LogP contribution in [0.1, 0.15) is 27.7 Å². The second-order valence-corrected chi connectivity index (χ2v) is 3.76. The van der Waals surface area contributed by atoms with E-state index in [0.29, 0.717) is 0 Å². The van der Waals surface area contributed by atoms with Crippen molar-refractivity contribution < 1.29 is 8.78 Å². The molecule has 0 spiro atoms. The highest BCUT2D eigenvalue weighted by molar-refractivity contribution is 5.01. The Morgan fingerprint density at radius 1 is 1.27 bits per heavy atom. The molecule has 11 heavy (non-hydrogen) atoms. The standard InChI is InChI=1S/C9H14F2/c1-6-7(2)9(10,11)8(3,4)5/h1,7H,2-5H3. The minimum absolute atomic E-state index is 0.998. The van der Waals surface area contributed by atoms with Crippen LogP contribution in [-0.2, 0) is 0 Å². The lowest BCUT2D eigenvalue weighted by Gasteiger charge is -2.32. The van der Waals surface area contributed by atoms with Crippen LogP contribution in [0, 0.1) is 23.7 Å². The van der Waals surface area contributed by atoms with Gasteiger partial charge in [0, 0.05) is 5.41 Å². The molecule has 0 saturated carbocycles. The molecule has 2 heteroatoms. The molecule has 64 valence electrons. The predicted molar refractivity (Wildman–Crippen MR) is 42.4 cm³/mol. The van der Waals surface area contributed by atoms with Gasteiger partial charge in [0.05, 0.1) is 5.92 Å². The van der Waals surface area contributed by atoms with Gasteiger partial charge in [0.2, 0.25) is 0 Å². The summed E-state index contributed by atoms with van der Waals surface area (Å²) in [5.74, 6) is -1.73. The number of terminal acetylenes is 1. The number of halogens is 2. The highest BCUT2D eigenvalue weighted by atomic mass is 19.3. The van der Waals surface area contributed by atoms with Crippen molar-refractivity contribution in [2.75, 3.05) is 0 Å². The molecule has 0 aliphatic heterocycles. The van der Waals surface area contributed by atoms with Gasteiger partial charge in [-0.25, -0.2) is 8.78 Å². The van der Waals surface area contributed by atoms with Crippen molar-refractivity contribution in [3.8, 4) is 12.3 Å². The molecule has 0 aromatic carbocycles. The second kappa shape index (κ2) is 2.81. The zero-order valence-corrected chi connectivity index (χ0v) is 7.41. The van der Waals surface area contributed by atoms with Gasteiger partial charge in [-0.3, -0.25) is 0 Å². The molecule has 0 rings (SSSR count). The third kappa shape index (κ3) is 1.92. The minimum atomic E-state index is -2.79. The van der Waals surface area contributed by atoms with Crippen LogP contribution in [0.3, 0.4) is 0 Å². The summed E-state index contributed by atoms with van der Waals surface area (Å²) < 4.78 is 26.4. The minimum Gasteiger partial charge on any atom is -0.205 e. The smallest absolute Gasteiger partial charge is 0.205 e. The molecule has 0 N–H and O–H groups in total. The van der Waals surface area contributed by atoms with E-state index >= 15 is 0 Å². The summed E-state index contributed by atoms with van der Waals surface area (Å²) in [5, 5.41) is 0. The molecule has 0 nitrogen and oxygen atoms in total. The lowest BCUT2D eigenvalue weighted by molar-refractivity contribution is -0.121. The van der Waals surface area contributed by atoms with Gasteiger partial charge in [0.25, 0.3) is 5.92 Å². The Kier molecular flexibility index (Phi) is 2.66. The van der Waals surface area contributed by atoms with Gasteiger partial charge < -0.3 is 0 Å². The van der Waals surface area contributed by atoms with Crippen molar-refractivity contribution in [2.24, 2.45) is 11.3 Å². The molecular weight excluding hydrogens is 146 g/mol. The van der Waals surface area contributed by atoms with Crippen LogP contribution in [0.5, 0.6) is 0 Å². The fraction of sp³-hybridized carbons (Fsp3) is 0.778. The summed E-state index contributed by atoms with van der Waals surface area (Å²) in [6, 6.07) is 0. The van der Waals surface area contributed by atoms with Gasteiger partial charge in [-0.15, -0.1) is 6.42 Å². The number of hydrogen-bond acceptors (Lipinski definition) is 0. The highest BCUT2D eigenvalue weighted by Crippen LogP contribution is 2.41. The van der Waals surface area contributed by atoms with Crippen LogP contribution in [-0.4, -0.2) is 5.92 Å². The lowest BCUT2D eigenvalue weighted by Crippen LogP contribution is -2.39. The molecule has 0 heterocycles. The van der Waals surface area contributed by atoms with Crippen LogP contribution in [0.15, 0.2) is 0 Å². The molecule has 1 unspecified atom stereocenters. The SMILES string of the molecule is C#CC(C)C(F)(F)C(C)(C)C. The van der Waals surface area contributed by atoms with Crippen molar-refractivity contribution in [1.82, 2.24) is 0 Å². The summed E-state index contributed by atoms with van der Waals surface area (Å²) in [5.41, 5.74) is -1.06. The summed E-state index contributed by atoms with van der Waals surface area (Å²) in [4.78, 5) is 0. The van der Waals surface area contributed by atoms with Crippen molar-refractivity contribution >= 4 is 0 Å². The van der Waals surface area contributed by atoms with E-state index in [1.165, 1.54) is 27.7 Å². The molecule has 0 saturated heterocycles. The molecule has 0 aliphatic rings. The Balaban J connectivity index is 4.62. The lowest BCUT2D eigenvalue weighted by atomic mass is 9.81. The van der Waals surface area contributed by atoms with Crippen molar-refractivity contribution in [3.63, 3.8) is 0 Å². The summed E-state index contributed by atoms with van der Waals surface area (Å²) >= 11 is 0. The topological polar surface area (TPSA) is 0 Å². The Bertz CT molecular complexity index is 169. The van der Waals surface area contributed by atoms with Crippen LogP contribution >= 0.6 is 0 Å². The van der Waals surface area contributed by atoms with E-state index in [9.17, 15) is 8.78 Å². The van der Waals surface area contributed by atoms with Gasteiger partial charge in [-0.1, -0.05) is 26.7 Å². The van der Waals surface area contributed by atoms with Gasteiger partial charge in [0.1, 0.15) is 0 Å². The molecule has 0 aliphatic carbocycles. The maximum atomic E-state index is 13.2. The number of hydrogen-bond donors (Lipinski definition) is 0. The van der Waals surface area contributed by atoms with Gasteiger partial charge in [-0.2, -0.15) is 0 Å². The molecule has 0 fully saturated rings. The van der Waals surface area contributed by atoms with E-state index in [2.05, 4.69) is 5.92 Å². The zero-order valence-electron chi connectivity index (χ0n) is 7.41. The van der Waals surface area contributed by atoms with Crippen LogP contribution in [0.2, 0.25) is 0 Å². The fourth-order valence-corrected chi connectivity index (χ4v) is 0.754. The van der Waals surface area contributed by atoms with Crippen molar-refractivity contribution in [2.45, 2.75) is 33.6 Å². The normalized spacial score (nSPS) is 15.7. The first-order chi connectivity index (χ1) is 4.73.